The molecular formula is C20H36N2O2S. The van der Waals surface area contributed by atoms with Gasteiger partial charge in [-0.2, -0.15) is 0 Å². The molecule has 1 N–H and O–H groups in total. The summed E-state index contributed by atoms with van der Waals surface area (Å²) in [6.07, 6.45) is 13.7. The molecular weight excluding hydrogens is 332 g/mol. The molecule has 5 rings (SSSR count). The van der Waals surface area contributed by atoms with E-state index in [4.69, 9.17) is 0 Å². The van der Waals surface area contributed by atoms with Gasteiger partial charge in [0.05, 0.1) is 5.75 Å². The van der Waals surface area contributed by atoms with E-state index in [2.05, 4.69) is 16.7 Å². The zero-order valence-electron chi connectivity index (χ0n) is 15.9. The monoisotopic (exact) mass is 368 g/mol. The topological polar surface area (TPSA) is 49.4 Å². The number of hydrogen-bond donors (Lipinski definition) is 1. The van der Waals surface area contributed by atoms with Gasteiger partial charge >= 0.3 is 0 Å². The van der Waals surface area contributed by atoms with Gasteiger partial charge in [-0.3, -0.25) is 0 Å². The first-order chi connectivity index (χ1) is 11.9. The molecule has 0 spiro atoms. The second-order valence-corrected chi connectivity index (χ2v) is 11.8. The highest BCUT2D eigenvalue weighted by molar-refractivity contribution is 7.89. The highest BCUT2D eigenvalue weighted by Crippen LogP contribution is 2.59. The highest BCUT2D eigenvalue weighted by Gasteiger charge is 2.50. The van der Waals surface area contributed by atoms with Crippen LogP contribution in [0.5, 0.6) is 0 Å². The van der Waals surface area contributed by atoms with Crippen LogP contribution in [0.3, 0.4) is 0 Å². The Hall–Kier alpha value is -0.130. The molecule has 144 valence electrons. The van der Waals surface area contributed by atoms with Crippen molar-refractivity contribution >= 4 is 10.0 Å². The molecule has 0 aromatic carbocycles. The molecule has 4 saturated carbocycles. The van der Waals surface area contributed by atoms with E-state index in [0.717, 1.165) is 37.0 Å². The number of hydrogen-bond acceptors (Lipinski definition) is 3. The van der Waals surface area contributed by atoms with E-state index in [1.807, 2.05) is 0 Å². The first-order valence-electron chi connectivity index (χ1n) is 10.6. The van der Waals surface area contributed by atoms with Crippen LogP contribution in [0, 0.1) is 23.2 Å². The van der Waals surface area contributed by atoms with Gasteiger partial charge in [-0.15, -0.1) is 0 Å². The Bertz CT molecular complexity index is 539. The van der Waals surface area contributed by atoms with Gasteiger partial charge in [0, 0.05) is 12.6 Å². The van der Waals surface area contributed by atoms with Gasteiger partial charge in [0.15, 0.2) is 0 Å². The van der Waals surface area contributed by atoms with Crippen LogP contribution in [0.25, 0.3) is 0 Å². The lowest BCUT2D eigenvalue weighted by molar-refractivity contribution is -0.0487. The van der Waals surface area contributed by atoms with Gasteiger partial charge in [0.2, 0.25) is 10.0 Å². The predicted octanol–water partition coefficient (Wildman–Crippen LogP) is 3.39. The van der Waals surface area contributed by atoms with E-state index in [-0.39, 0.29) is 0 Å². The second kappa shape index (κ2) is 7.12. The molecule has 1 atom stereocenters. The molecule has 0 aromatic rings. The zero-order valence-corrected chi connectivity index (χ0v) is 16.7. The fraction of sp³-hybridized carbons (Fsp3) is 1.00. The summed E-state index contributed by atoms with van der Waals surface area (Å²) in [4.78, 5) is 2.43. The molecule has 1 aliphatic heterocycles. The fourth-order valence-corrected chi connectivity index (χ4v) is 8.11. The van der Waals surface area contributed by atoms with Crippen molar-refractivity contribution in [3.8, 4) is 0 Å². The summed E-state index contributed by atoms with van der Waals surface area (Å²) in [5.74, 6) is 2.98. The summed E-state index contributed by atoms with van der Waals surface area (Å²) in [7, 11) is -0.902. The molecule has 5 aliphatic rings. The van der Waals surface area contributed by atoms with Gasteiger partial charge in [0.25, 0.3) is 0 Å². The van der Waals surface area contributed by atoms with E-state index in [1.54, 1.807) is 0 Å². The van der Waals surface area contributed by atoms with Crippen LogP contribution >= 0.6 is 0 Å². The molecule has 1 saturated heterocycles. The summed E-state index contributed by atoms with van der Waals surface area (Å²) < 4.78 is 27.9. The summed E-state index contributed by atoms with van der Waals surface area (Å²) in [5, 5.41) is 0. The number of sulfonamides is 1. The first kappa shape index (κ1) is 18.2. The van der Waals surface area contributed by atoms with Crippen LogP contribution in [-0.4, -0.2) is 45.2 Å². The minimum atomic E-state index is -3.10. The normalized spacial score (nSPS) is 40.8. The van der Waals surface area contributed by atoms with Crippen molar-refractivity contribution < 1.29 is 8.42 Å². The summed E-state index contributed by atoms with van der Waals surface area (Å²) in [6.45, 7) is 1.92. The van der Waals surface area contributed by atoms with Crippen molar-refractivity contribution in [3.05, 3.63) is 0 Å². The van der Waals surface area contributed by atoms with Gasteiger partial charge in [0.1, 0.15) is 0 Å². The molecule has 4 nitrogen and oxygen atoms in total. The van der Waals surface area contributed by atoms with Crippen LogP contribution < -0.4 is 4.72 Å². The third-order valence-corrected chi connectivity index (χ3v) is 9.11. The van der Waals surface area contributed by atoms with Crippen LogP contribution in [0.1, 0.15) is 70.6 Å². The van der Waals surface area contributed by atoms with E-state index < -0.39 is 10.0 Å². The quantitative estimate of drug-likeness (QED) is 0.668. The minimum absolute atomic E-state index is 0.300. The molecule has 0 aromatic heterocycles. The smallest absolute Gasteiger partial charge is 0.211 e. The standard InChI is InChI=1S/C20H36N2O2S/c1-22-7-4-6-19(22)5-2-3-8-25(23,24)21-15-20-12-16-9-17(13-20)11-18(10-16)14-20/h16-19,21H,2-15H2,1H3/t16?,17?,18?,19-,20?/m0/s1. The van der Waals surface area contributed by atoms with E-state index in [1.165, 1.54) is 57.9 Å². The molecule has 25 heavy (non-hydrogen) atoms. The van der Waals surface area contributed by atoms with Gasteiger partial charge in [-0.25, -0.2) is 13.1 Å². The zero-order chi connectivity index (χ0) is 17.5. The Morgan fingerprint density at radius 1 is 1.04 bits per heavy atom. The van der Waals surface area contributed by atoms with Gasteiger partial charge in [-0.05, 0) is 101 Å². The molecule has 5 fully saturated rings. The van der Waals surface area contributed by atoms with Crippen molar-refractivity contribution in [1.29, 1.82) is 0 Å². The maximum absolute atomic E-state index is 12.5. The molecule has 4 aliphatic carbocycles. The molecule has 0 amide bonds. The number of nitrogens with one attached hydrogen (secondary N) is 1. The third-order valence-electron chi connectivity index (χ3n) is 7.70. The molecule has 1 heterocycles. The van der Waals surface area contributed by atoms with Crippen LogP contribution in [0.15, 0.2) is 0 Å². The Morgan fingerprint density at radius 3 is 2.24 bits per heavy atom. The maximum Gasteiger partial charge on any atom is 0.211 e. The predicted molar refractivity (Wildman–Crippen MR) is 102 cm³/mol. The highest BCUT2D eigenvalue weighted by atomic mass is 32.2. The third kappa shape index (κ3) is 4.24. The van der Waals surface area contributed by atoms with E-state index in [0.29, 0.717) is 23.8 Å². The molecule has 0 unspecified atom stereocenters. The van der Waals surface area contributed by atoms with Gasteiger partial charge < -0.3 is 4.90 Å². The van der Waals surface area contributed by atoms with E-state index in [9.17, 15) is 8.42 Å². The number of rotatable bonds is 8. The van der Waals surface area contributed by atoms with Crippen molar-refractivity contribution in [3.63, 3.8) is 0 Å². The van der Waals surface area contributed by atoms with Crippen LogP contribution in [0.4, 0.5) is 0 Å². The van der Waals surface area contributed by atoms with Crippen LogP contribution in [-0.2, 0) is 10.0 Å². The largest absolute Gasteiger partial charge is 0.303 e. The van der Waals surface area contributed by atoms with Crippen molar-refractivity contribution in [1.82, 2.24) is 9.62 Å². The lowest BCUT2D eigenvalue weighted by Crippen LogP contribution is -2.51. The summed E-state index contributed by atoms with van der Waals surface area (Å²) in [5.41, 5.74) is 0.300. The van der Waals surface area contributed by atoms with Crippen molar-refractivity contribution in [2.45, 2.75) is 76.7 Å². The lowest BCUT2D eigenvalue weighted by Gasteiger charge is -2.56. The Labute approximate surface area is 154 Å². The minimum Gasteiger partial charge on any atom is -0.303 e. The Kier molecular flexibility index (Phi) is 5.20. The fourth-order valence-electron chi connectivity index (χ4n) is 6.86. The van der Waals surface area contributed by atoms with Gasteiger partial charge in [-0.1, -0.05) is 6.42 Å². The summed E-state index contributed by atoms with van der Waals surface area (Å²) in [6, 6.07) is 0.683. The summed E-state index contributed by atoms with van der Waals surface area (Å²) >= 11 is 0. The lowest BCUT2D eigenvalue weighted by atomic mass is 9.50. The molecule has 0 radical (unpaired) electrons. The number of likely N-dealkylation sites (tertiary alicyclic amines) is 1. The average molecular weight is 369 g/mol. The SMILES string of the molecule is CN1CCC[C@@H]1CCCCS(=O)(=O)NCC12CC3CC(CC(C3)C1)C2. The Balaban J connectivity index is 1.21. The first-order valence-corrected chi connectivity index (χ1v) is 12.3. The van der Waals surface area contributed by atoms with Crippen LogP contribution in [0.2, 0.25) is 0 Å². The molecule has 5 heteroatoms. The number of nitrogens with zero attached hydrogens (tertiary/aromatic N) is 1. The number of unbranched alkanes of at least 4 members (excludes halogenated alkanes) is 1. The maximum atomic E-state index is 12.5. The average Bonchev–Trinajstić information content (AvgIpc) is 2.94. The van der Waals surface area contributed by atoms with Crippen molar-refractivity contribution in [2.75, 3.05) is 25.9 Å². The van der Waals surface area contributed by atoms with E-state index >= 15 is 0 Å². The second-order valence-electron chi connectivity index (χ2n) is 9.83. The Morgan fingerprint density at radius 2 is 1.68 bits per heavy atom. The van der Waals surface area contributed by atoms with Crippen molar-refractivity contribution in [2.24, 2.45) is 23.2 Å². The molecule has 4 bridgehead atoms.